The van der Waals surface area contributed by atoms with Crippen molar-refractivity contribution in [1.82, 2.24) is 0 Å². The molecule has 0 aliphatic rings. The molecule has 0 unspecified atom stereocenters. The standard InChI is InChI=1S/2C10H7F3O2.2C3H8O.Ti/c2*11-10(12,13)9(15)6-8(14)7-4-2-1-3-5-7;2*1-3(2)4;/h2*1-6,14H;2*3-4H,1-2H3;/b2*8-6-;;;. The Morgan fingerprint density at radius 1 is 0.615 bits per heavy atom. The summed E-state index contributed by atoms with van der Waals surface area (Å²) in [5.41, 5.74) is 0.324. The SMILES string of the molecule is CC(C)O.CC(C)O.O=C(/C=C(\O)c1ccccc1)C(F)(F)F.O=C(/C=C(\O)c1ccccc1)C(F)(F)F.[Ti]. The number of alkyl halides is 6. The van der Waals surface area contributed by atoms with Crippen LogP contribution in [0.1, 0.15) is 38.8 Å². The van der Waals surface area contributed by atoms with E-state index in [2.05, 4.69) is 0 Å². The molecule has 0 spiro atoms. The predicted octanol–water partition coefficient (Wildman–Crippen LogP) is 6.21. The quantitative estimate of drug-likeness (QED) is 0.144. The van der Waals surface area contributed by atoms with E-state index in [4.69, 9.17) is 10.2 Å². The van der Waals surface area contributed by atoms with Gasteiger partial charge in [0, 0.05) is 57.2 Å². The molecule has 0 saturated carbocycles. The number of aliphatic hydroxyl groups is 4. The molecule has 39 heavy (non-hydrogen) atoms. The fourth-order valence-electron chi connectivity index (χ4n) is 1.80. The van der Waals surface area contributed by atoms with Crippen LogP contribution in [0.2, 0.25) is 0 Å². The number of aliphatic hydroxyl groups excluding tert-OH is 4. The van der Waals surface area contributed by atoms with Crippen LogP contribution in [0, 0.1) is 0 Å². The Hall–Kier alpha value is -2.93. The van der Waals surface area contributed by atoms with Crippen molar-refractivity contribution in [3.05, 3.63) is 83.9 Å². The van der Waals surface area contributed by atoms with Crippen LogP contribution in [-0.2, 0) is 31.3 Å². The minimum atomic E-state index is -4.96. The van der Waals surface area contributed by atoms with Crippen molar-refractivity contribution < 1.29 is 78.1 Å². The van der Waals surface area contributed by atoms with E-state index in [0.717, 1.165) is 0 Å². The van der Waals surface area contributed by atoms with Crippen LogP contribution < -0.4 is 0 Å². The number of allylic oxidation sites excluding steroid dienone is 2. The van der Waals surface area contributed by atoms with Gasteiger partial charge in [0.25, 0.3) is 11.6 Å². The van der Waals surface area contributed by atoms with Gasteiger partial charge in [0.15, 0.2) is 0 Å². The molecule has 0 fully saturated rings. The summed E-state index contributed by atoms with van der Waals surface area (Å²) in [5, 5.41) is 34.5. The first-order valence-corrected chi connectivity index (χ1v) is 10.8. The fraction of sp³-hybridized carbons (Fsp3) is 0.308. The molecule has 0 aliphatic heterocycles. The maximum atomic E-state index is 11.8. The predicted molar refractivity (Wildman–Crippen MR) is 131 cm³/mol. The molecule has 0 bridgehead atoms. The van der Waals surface area contributed by atoms with Crippen molar-refractivity contribution in [2.24, 2.45) is 0 Å². The van der Waals surface area contributed by atoms with E-state index in [1.54, 1.807) is 39.8 Å². The van der Waals surface area contributed by atoms with Gasteiger partial charge in [-0.25, -0.2) is 0 Å². The second kappa shape index (κ2) is 20.0. The largest absolute Gasteiger partial charge is 0.507 e. The van der Waals surface area contributed by atoms with Crippen molar-refractivity contribution in [1.29, 1.82) is 0 Å². The summed E-state index contributed by atoms with van der Waals surface area (Å²) in [7, 11) is 0. The maximum absolute atomic E-state index is 11.8. The molecular formula is C26H30F6O6Ti. The zero-order valence-electron chi connectivity index (χ0n) is 21.5. The van der Waals surface area contributed by atoms with E-state index in [-0.39, 0.29) is 57.2 Å². The van der Waals surface area contributed by atoms with E-state index in [9.17, 15) is 46.1 Å². The van der Waals surface area contributed by atoms with Gasteiger partial charge in [-0.15, -0.1) is 0 Å². The third kappa shape index (κ3) is 22.7. The van der Waals surface area contributed by atoms with E-state index in [0.29, 0.717) is 0 Å². The molecule has 13 heteroatoms. The molecule has 0 heterocycles. The smallest absolute Gasteiger partial charge is 0.454 e. The molecule has 4 N–H and O–H groups in total. The van der Waals surface area contributed by atoms with Gasteiger partial charge in [0.2, 0.25) is 0 Å². The van der Waals surface area contributed by atoms with E-state index in [1.807, 2.05) is 0 Å². The second-order valence-corrected chi connectivity index (χ2v) is 7.70. The van der Waals surface area contributed by atoms with E-state index < -0.39 is 35.4 Å². The van der Waals surface area contributed by atoms with Crippen LogP contribution in [0.15, 0.2) is 72.8 Å². The molecule has 0 saturated heterocycles. The maximum Gasteiger partial charge on any atom is 0.454 e. The number of rotatable bonds is 4. The summed E-state index contributed by atoms with van der Waals surface area (Å²) in [5.74, 6) is -5.55. The first-order valence-electron chi connectivity index (χ1n) is 10.8. The molecule has 2 rings (SSSR count). The summed E-state index contributed by atoms with van der Waals surface area (Å²) in [6.45, 7) is 6.89. The van der Waals surface area contributed by atoms with Crippen molar-refractivity contribution in [2.45, 2.75) is 52.3 Å². The van der Waals surface area contributed by atoms with Gasteiger partial charge in [-0.2, -0.15) is 26.3 Å². The van der Waals surface area contributed by atoms with E-state index >= 15 is 0 Å². The molecule has 2 aromatic carbocycles. The second-order valence-electron chi connectivity index (χ2n) is 7.70. The summed E-state index contributed by atoms with van der Waals surface area (Å²) in [4.78, 5) is 21.0. The first-order chi connectivity index (χ1) is 17.3. The topological polar surface area (TPSA) is 115 Å². The number of carbonyl (C=O) groups excluding carboxylic acids is 2. The minimum absolute atomic E-state index is 0. The Morgan fingerprint density at radius 2 is 0.821 bits per heavy atom. The summed E-state index contributed by atoms with van der Waals surface area (Å²) in [6.07, 6.45) is -9.92. The number of carbonyl (C=O) groups is 2. The van der Waals surface area contributed by atoms with Gasteiger partial charge in [-0.05, 0) is 27.7 Å². The molecule has 0 aliphatic carbocycles. The van der Waals surface area contributed by atoms with Crippen LogP contribution >= 0.6 is 0 Å². The average Bonchev–Trinajstić information content (AvgIpc) is 2.78. The zero-order valence-corrected chi connectivity index (χ0v) is 23.0. The molecule has 0 radical (unpaired) electrons. The van der Waals surface area contributed by atoms with Gasteiger partial charge < -0.3 is 20.4 Å². The Bertz CT molecular complexity index is 930. The zero-order chi connectivity index (χ0) is 30.1. The Morgan fingerprint density at radius 3 is 1.00 bits per heavy atom. The molecular weight excluding hydrogens is 570 g/mol. The van der Waals surface area contributed by atoms with Crippen LogP contribution in [0.3, 0.4) is 0 Å². The van der Waals surface area contributed by atoms with Crippen molar-refractivity contribution in [2.75, 3.05) is 0 Å². The normalized spacial score (nSPS) is 11.5. The number of ketones is 2. The molecule has 6 nitrogen and oxygen atoms in total. The molecule has 216 valence electrons. The third-order valence-corrected chi connectivity index (χ3v) is 3.23. The number of benzene rings is 2. The van der Waals surface area contributed by atoms with Crippen molar-refractivity contribution in [3.63, 3.8) is 0 Å². The van der Waals surface area contributed by atoms with E-state index in [1.165, 1.54) is 48.5 Å². The average molecular weight is 600 g/mol. The summed E-state index contributed by atoms with van der Waals surface area (Å²) in [6, 6.07) is 15.0. The van der Waals surface area contributed by atoms with Gasteiger partial charge in [-0.1, -0.05) is 60.7 Å². The first kappa shape index (κ1) is 40.6. The molecule has 0 aromatic heterocycles. The van der Waals surface area contributed by atoms with Crippen LogP contribution in [0.25, 0.3) is 11.5 Å². The monoisotopic (exact) mass is 600 g/mol. The Balaban J connectivity index is -0.000000512. The van der Waals surface area contributed by atoms with Gasteiger partial charge in [-0.3, -0.25) is 9.59 Å². The third-order valence-electron chi connectivity index (χ3n) is 3.23. The summed E-state index contributed by atoms with van der Waals surface area (Å²) >= 11 is 0. The Labute approximate surface area is 237 Å². The number of hydrogen-bond acceptors (Lipinski definition) is 6. The van der Waals surface area contributed by atoms with Gasteiger partial charge in [0.1, 0.15) is 11.5 Å². The fourth-order valence-corrected chi connectivity index (χ4v) is 1.80. The van der Waals surface area contributed by atoms with Gasteiger partial charge >= 0.3 is 12.4 Å². The summed E-state index contributed by atoms with van der Waals surface area (Å²) < 4.78 is 70.9. The van der Waals surface area contributed by atoms with Crippen molar-refractivity contribution in [3.8, 4) is 0 Å². The van der Waals surface area contributed by atoms with Gasteiger partial charge in [0.05, 0.1) is 0 Å². The van der Waals surface area contributed by atoms with Crippen LogP contribution in [-0.4, -0.2) is 56.6 Å². The minimum Gasteiger partial charge on any atom is -0.507 e. The van der Waals surface area contributed by atoms with Crippen LogP contribution in [0.5, 0.6) is 0 Å². The Kier molecular flexibility index (Phi) is 20.9. The molecule has 2 aromatic rings. The number of hydrogen-bond donors (Lipinski definition) is 4. The van der Waals surface area contributed by atoms with Crippen molar-refractivity contribution >= 4 is 23.1 Å². The molecule has 0 atom stereocenters. The molecule has 0 amide bonds. The van der Waals surface area contributed by atoms with Crippen LogP contribution in [0.4, 0.5) is 26.3 Å². The number of halogens is 6.